The highest BCUT2D eigenvalue weighted by atomic mass is 79.9. The number of hydrogen-bond acceptors (Lipinski definition) is 2. The van der Waals surface area contributed by atoms with Crippen LogP contribution in [0, 0.1) is 0 Å². The van der Waals surface area contributed by atoms with E-state index < -0.39 is 0 Å². The summed E-state index contributed by atoms with van der Waals surface area (Å²) in [5.41, 5.74) is 0.888. The van der Waals surface area contributed by atoms with Crippen molar-refractivity contribution in [1.82, 2.24) is 4.98 Å². The van der Waals surface area contributed by atoms with E-state index in [2.05, 4.69) is 26.2 Å². The number of nitrogens with one attached hydrogen (secondary N) is 1. The van der Waals surface area contributed by atoms with Crippen molar-refractivity contribution in [3.63, 3.8) is 0 Å². The molecule has 0 bridgehead atoms. The molecule has 1 heterocycles. The molecule has 1 aromatic carbocycles. The summed E-state index contributed by atoms with van der Waals surface area (Å²) in [6.45, 7) is 0. The smallest absolute Gasteiger partial charge is 0.132 e. The Bertz CT molecular complexity index is 517. The SMILES string of the molecule is Clc1ccc(Nc2cccc(Cl)n2)c(Br)c1. The fraction of sp³-hybridized carbons (Fsp3) is 0. The molecule has 16 heavy (non-hydrogen) atoms. The summed E-state index contributed by atoms with van der Waals surface area (Å²) < 4.78 is 0.877. The van der Waals surface area contributed by atoms with Crippen molar-refractivity contribution in [1.29, 1.82) is 0 Å². The molecule has 1 aromatic heterocycles. The Morgan fingerprint density at radius 1 is 1.12 bits per heavy atom. The zero-order valence-corrected chi connectivity index (χ0v) is 11.1. The third-order valence-corrected chi connectivity index (χ3v) is 3.01. The zero-order valence-electron chi connectivity index (χ0n) is 8.05. The topological polar surface area (TPSA) is 24.9 Å². The van der Waals surface area contributed by atoms with Crippen LogP contribution in [0.4, 0.5) is 11.5 Å². The largest absolute Gasteiger partial charge is 0.339 e. The lowest BCUT2D eigenvalue weighted by Gasteiger charge is -2.07. The zero-order chi connectivity index (χ0) is 11.5. The molecule has 0 radical (unpaired) electrons. The Balaban J connectivity index is 2.27. The quantitative estimate of drug-likeness (QED) is 0.797. The maximum Gasteiger partial charge on any atom is 0.132 e. The van der Waals surface area contributed by atoms with E-state index in [1.165, 1.54) is 0 Å². The van der Waals surface area contributed by atoms with E-state index in [0.717, 1.165) is 10.2 Å². The van der Waals surface area contributed by atoms with Gasteiger partial charge in [0.1, 0.15) is 11.0 Å². The van der Waals surface area contributed by atoms with Crippen molar-refractivity contribution in [2.45, 2.75) is 0 Å². The first-order valence-corrected chi connectivity index (χ1v) is 6.05. The summed E-state index contributed by atoms with van der Waals surface area (Å²) in [4.78, 5) is 4.13. The number of benzene rings is 1. The molecule has 1 N–H and O–H groups in total. The molecular weight excluding hydrogens is 311 g/mol. The van der Waals surface area contributed by atoms with Crippen LogP contribution >= 0.6 is 39.1 Å². The van der Waals surface area contributed by atoms with Crippen molar-refractivity contribution in [3.05, 3.63) is 51.0 Å². The first kappa shape index (κ1) is 11.7. The molecule has 0 fully saturated rings. The van der Waals surface area contributed by atoms with Crippen LogP contribution in [0.1, 0.15) is 0 Å². The molecule has 2 aromatic rings. The van der Waals surface area contributed by atoms with E-state index in [0.29, 0.717) is 16.0 Å². The predicted molar refractivity (Wildman–Crippen MR) is 71.7 cm³/mol. The van der Waals surface area contributed by atoms with Crippen LogP contribution in [0.2, 0.25) is 10.2 Å². The number of anilines is 2. The predicted octanol–water partition coefficient (Wildman–Crippen LogP) is 4.89. The molecule has 0 aliphatic carbocycles. The summed E-state index contributed by atoms with van der Waals surface area (Å²) in [5.74, 6) is 0.690. The van der Waals surface area contributed by atoms with E-state index in [1.54, 1.807) is 12.1 Å². The average molecular weight is 318 g/mol. The number of rotatable bonds is 2. The van der Waals surface area contributed by atoms with Crippen LogP contribution in [0.25, 0.3) is 0 Å². The Labute approximate surface area is 112 Å². The Morgan fingerprint density at radius 3 is 2.62 bits per heavy atom. The molecule has 0 atom stereocenters. The van der Waals surface area contributed by atoms with Crippen molar-refractivity contribution in [3.8, 4) is 0 Å². The van der Waals surface area contributed by atoms with E-state index >= 15 is 0 Å². The molecule has 0 unspecified atom stereocenters. The molecule has 0 saturated carbocycles. The van der Waals surface area contributed by atoms with Crippen molar-refractivity contribution >= 4 is 50.6 Å². The molecule has 5 heteroatoms. The van der Waals surface area contributed by atoms with Crippen LogP contribution in [-0.2, 0) is 0 Å². The third-order valence-electron chi connectivity index (χ3n) is 1.91. The van der Waals surface area contributed by atoms with Crippen molar-refractivity contribution in [2.24, 2.45) is 0 Å². The minimum Gasteiger partial charge on any atom is -0.339 e. The van der Waals surface area contributed by atoms with Crippen LogP contribution in [0.15, 0.2) is 40.9 Å². The highest BCUT2D eigenvalue weighted by Crippen LogP contribution is 2.28. The molecular formula is C11H7BrCl2N2. The van der Waals surface area contributed by atoms with Gasteiger partial charge in [-0.1, -0.05) is 29.3 Å². The lowest BCUT2D eigenvalue weighted by molar-refractivity contribution is 1.30. The summed E-state index contributed by atoms with van der Waals surface area (Å²) in [6.07, 6.45) is 0. The van der Waals surface area contributed by atoms with Gasteiger partial charge in [-0.25, -0.2) is 4.98 Å². The standard InChI is InChI=1S/C11H7BrCl2N2/c12-8-6-7(13)4-5-9(8)15-11-3-1-2-10(14)16-11/h1-6H,(H,15,16). The summed E-state index contributed by atoms with van der Waals surface area (Å²) in [6, 6.07) is 10.9. The lowest BCUT2D eigenvalue weighted by atomic mass is 10.3. The maximum atomic E-state index is 5.85. The Morgan fingerprint density at radius 2 is 1.94 bits per heavy atom. The van der Waals surface area contributed by atoms with Gasteiger partial charge in [-0.2, -0.15) is 0 Å². The van der Waals surface area contributed by atoms with Crippen LogP contribution in [-0.4, -0.2) is 4.98 Å². The van der Waals surface area contributed by atoms with Gasteiger partial charge in [-0.3, -0.25) is 0 Å². The Kier molecular flexibility index (Phi) is 3.69. The Hall–Kier alpha value is -0.770. The second-order valence-corrected chi connectivity index (χ2v) is 4.77. The van der Waals surface area contributed by atoms with Gasteiger partial charge in [0.15, 0.2) is 0 Å². The third kappa shape index (κ3) is 2.88. The monoisotopic (exact) mass is 316 g/mol. The van der Waals surface area contributed by atoms with Crippen LogP contribution < -0.4 is 5.32 Å². The van der Waals surface area contributed by atoms with E-state index in [-0.39, 0.29) is 0 Å². The van der Waals surface area contributed by atoms with E-state index in [1.807, 2.05) is 24.3 Å². The summed E-state index contributed by atoms with van der Waals surface area (Å²) in [7, 11) is 0. The van der Waals surface area contributed by atoms with Crippen molar-refractivity contribution in [2.75, 3.05) is 5.32 Å². The fourth-order valence-electron chi connectivity index (χ4n) is 1.21. The summed E-state index contributed by atoms with van der Waals surface area (Å²) >= 11 is 15.1. The molecule has 0 spiro atoms. The van der Waals surface area contributed by atoms with E-state index in [9.17, 15) is 0 Å². The number of aromatic nitrogens is 1. The van der Waals surface area contributed by atoms with Gasteiger partial charge in [0, 0.05) is 9.50 Å². The number of halogens is 3. The molecule has 2 nitrogen and oxygen atoms in total. The van der Waals surface area contributed by atoms with Gasteiger partial charge in [0.05, 0.1) is 5.69 Å². The lowest BCUT2D eigenvalue weighted by Crippen LogP contribution is -1.93. The first-order chi connectivity index (χ1) is 7.65. The van der Waals surface area contributed by atoms with Gasteiger partial charge in [-0.05, 0) is 46.3 Å². The molecule has 0 saturated heterocycles. The molecule has 82 valence electrons. The van der Waals surface area contributed by atoms with Gasteiger partial charge in [-0.15, -0.1) is 0 Å². The first-order valence-electron chi connectivity index (χ1n) is 4.50. The van der Waals surface area contributed by atoms with Crippen LogP contribution in [0.3, 0.4) is 0 Å². The maximum absolute atomic E-state index is 5.85. The minimum atomic E-state index is 0.454. The van der Waals surface area contributed by atoms with Gasteiger partial charge in [0.25, 0.3) is 0 Å². The molecule has 0 aliphatic rings. The highest BCUT2D eigenvalue weighted by molar-refractivity contribution is 9.10. The number of nitrogens with zero attached hydrogens (tertiary/aromatic N) is 1. The van der Waals surface area contributed by atoms with E-state index in [4.69, 9.17) is 23.2 Å². The second kappa shape index (κ2) is 5.04. The number of hydrogen-bond donors (Lipinski definition) is 1. The minimum absolute atomic E-state index is 0.454. The van der Waals surface area contributed by atoms with Gasteiger partial charge < -0.3 is 5.32 Å². The van der Waals surface area contributed by atoms with Crippen LogP contribution in [0.5, 0.6) is 0 Å². The second-order valence-electron chi connectivity index (χ2n) is 3.09. The molecule has 2 rings (SSSR count). The number of pyridine rings is 1. The summed E-state index contributed by atoms with van der Waals surface area (Å²) in [5, 5.41) is 4.27. The van der Waals surface area contributed by atoms with Gasteiger partial charge in [0.2, 0.25) is 0 Å². The normalized spacial score (nSPS) is 10.2. The van der Waals surface area contributed by atoms with Gasteiger partial charge >= 0.3 is 0 Å². The fourth-order valence-corrected chi connectivity index (χ4v) is 2.15. The molecule has 0 amide bonds. The highest BCUT2D eigenvalue weighted by Gasteiger charge is 2.02. The average Bonchev–Trinajstić information content (AvgIpc) is 2.22. The molecule has 0 aliphatic heterocycles. The van der Waals surface area contributed by atoms with Crippen molar-refractivity contribution < 1.29 is 0 Å².